The molecule has 0 unspecified atom stereocenters. The molecule has 2 heterocycles. The maximum atomic E-state index is 13.6. The summed E-state index contributed by atoms with van der Waals surface area (Å²) in [6.07, 6.45) is 4.44. The van der Waals surface area contributed by atoms with E-state index in [2.05, 4.69) is 20.6 Å². The second-order valence-corrected chi connectivity index (χ2v) is 5.94. The van der Waals surface area contributed by atoms with Crippen molar-refractivity contribution in [1.82, 2.24) is 15.3 Å². The Morgan fingerprint density at radius 1 is 1.36 bits per heavy atom. The summed E-state index contributed by atoms with van der Waals surface area (Å²) in [5.74, 6) is -0.00697. The fourth-order valence-electron chi connectivity index (χ4n) is 2.93. The van der Waals surface area contributed by atoms with E-state index in [0.29, 0.717) is 37.4 Å². The van der Waals surface area contributed by atoms with E-state index in [1.807, 2.05) is 6.92 Å². The van der Waals surface area contributed by atoms with Gasteiger partial charge in [0.2, 0.25) is 0 Å². The lowest BCUT2D eigenvalue weighted by Crippen LogP contribution is -2.52. The molecular formula is C18H21FN4O2. The van der Waals surface area contributed by atoms with Gasteiger partial charge >= 0.3 is 0 Å². The van der Waals surface area contributed by atoms with Crippen molar-refractivity contribution >= 4 is 11.7 Å². The Hall–Kier alpha value is -2.54. The molecule has 0 bridgehead atoms. The number of nitrogens with zero attached hydrogens (tertiary/aromatic N) is 2. The van der Waals surface area contributed by atoms with Crippen molar-refractivity contribution in [2.75, 3.05) is 18.5 Å². The fourth-order valence-corrected chi connectivity index (χ4v) is 2.93. The van der Waals surface area contributed by atoms with Gasteiger partial charge in [0.1, 0.15) is 18.0 Å². The van der Waals surface area contributed by atoms with E-state index in [9.17, 15) is 9.18 Å². The van der Waals surface area contributed by atoms with Crippen LogP contribution >= 0.6 is 0 Å². The second-order valence-electron chi connectivity index (χ2n) is 5.94. The molecule has 0 spiro atoms. The first-order valence-corrected chi connectivity index (χ1v) is 8.37. The number of amides is 1. The van der Waals surface area contributed by atoms with Crippen LogP contribution in [0.2, 0.25) is 0 Å². The Bertz CT molecular complexity index is 726. The van der Waals surface area contributed by atoms with E-state index >= 15 is 0 Å². The maximum absolute atomic E-state index is 13.6. The van der Waals surface area contributed by atoms with Gasteiger partial charge in [-0.3, -0.25) is 4.79 Å². The highest BCUT2D eigenvalue weighted by atomic mass is 19.1. The average Bonchev–Trinajstić information content (AvgIpc) is 2.64. The highest BCUT2D eigenvalue weighted by Gasteiger charge is 2.28. The van der Waals surface area contributed by atoms with Gasteiger partial charge in [0.25, 0.3) is 5.91 Å². The Kier molecular flexibility index (Phi) is 5.55. The van der Waals surface area contributed by atoms with E-state index in [1.54, 1.807) is 18.3 Å². The van der Waals surface area contributed by atoms with Gasteiger partial charge in [-0.05, 0) is 36.6 Å². The molecule has 132 valence electrons. The van der Waals surface area contributed by atoms with Gasteiger partial charge in [-0.1, -0.05) is 13.0 Å². The van der Waals surface area contributed by atoms with E-state index in [0.717, 1.165) is 5.56 Å². The number of carbonyl (C=O) groups is 1. The topological polar surface area (TPSA) is 76.1 Å². The smallest absolute Gasteiger partial charge is 0.251 e. The number of aromatic nitrogens is 2. The summed E-state index contributed by atoms with van der Waals surface area (Å²) in [6, 6.07) is 5.83. The van der Waals surface area contributed by atoms with Crippen LogP contribution in [0, 0.1) is 5.82 Å². The van der Waals surface area contributed by atoms with E-state index in [4.69, 9.17) is 4.74 Å². The maximum Gasteiger partial charge on any atom is 0.251 e. The van der Waals surface area contributed by atoms with Gasteiger partial charge in [0.15, 0.2) is 0 Å². The van der Waals surface area contributed by atoms with Gasteiger partial charge in [-0.25, -0.2) is 14.4 Å². The van der Waals surface area contributed by atoms with Crippen LogP contribution in [0.1, 0.15) is 29.3 Å². The van der Waals surface area contributed by atoms with Crippen molar-refractivity contribution in [1.29, 1.82) is 0 Å². The third kappa shape index (κ3) is 4.30. The molecule has 7 heteroatoms. The van der Waals surface area contributed by atoms with Crippen LogP contribution < -0.4 is 10.6 Å². The summed E-state index contributed by atoms with van der Waals surface area (Å²) < 4.78 is 19.1. The van der Waals surface area contributed by atoms with Crippen molar-refractivity contribution in [3.05, 3.63) is 53.7 Å². The van der Waals surface area contributed by atoms with Crippen LogP contribution in [0.25, 0.3) is 0 Å². The molecule has 1 aliphatic heterocycles. The molecule has 0 aliphatic carbocycles. The number of aryl methyl sites for hydroxylation is 1. The molecule has 25 heavy (non-hydrogen) atoms. The Labute approximate surface area is 145 Å². The highest BCUT2D eigenvalue weighted by Crippen LogP contribution is 2.16. The Balaban J connectivity index is 1.73. The summed E-state index contributed by atoms with van der Waals surface area (Å²) in [5.41, 5.74) is 1.21. The number of nitrogens with one attached hydrogen (secondary N) is 2. The SMILES string of the molecule is CCc1ccc(F)cc1C(=O)N[C@H]1CCOC[C@H]1Nc1ccncn1. The zero-order chi connectivity index (χ0) is 17.6. The Morgan fingerprint density at radius 2 is 2.24 bits per heavy atom. The van der Waals surface area contributed by atoms with Crippen LogP contribution in [0.5, 0.6) is 0 Å². The first kappa shape index (κ1) is 17.3. The lowest BCUT2D eigenvalue weighted by Gasteiger charge is -2.33. The van der Waals surface area contributed by atoms with Crippen LogP contribution in [-0.4, -0.2) is 41.2 Å². The normalized spacial score (nSPS) is 20.1. The molecular weight excluding hydrogens is 323 g/mol. The zero-order valence-corrected chi connectivity index (χ0v) is 14.0. The number of hydrogen-bond donors (Lipinski definition) is 2. The number of halogens is 1. The third-order valence-corrected chi connectivity index (χ3v) is 4.29. The van der Waals surface area contributed by atoms with Gasteiger partial charge in [0.05, 0.1) is 18.7 Å². The van der Waals surface area contributed by atoms with Gasteiger partial charge in [-0.15, -0.1) is 0 Å². The Morgan fingerprint density at radius 3 is 3.00 bits per heavy atom. The molecule has 6 nitrogen and oxygen atoms in total. The summed E-state index contributed by atoms with van der Waals surface area (Å²) in [5, 5.41) is 6.28. The van der Waals surface area contributed by atoms with Crippen LogP contribution in [0.3, 0.4) is 0 Å². The largest absolute Gasteiger partial charge is 0.379 e. The molecule has 1 saturated heterocycles. The number of anilines is 1. The van der Waals surface area contributed by atoms with Crippen molar-refractivity contribution in [3.63, 3.8) is 0 Å². The van der Waals surface area contributed by atoms with Crippen LogP contribution in [0.4, 0.5) is 10.2 Å². The summed E-state index contributed by atoms with van der Waals surface area (Å²) >= 11 is 0. The molecule has 1 aromatic carbocycles. The quantitative estimate of drug-likeness (QED) is 0.869. The second kappa shape index (κ2) is 8.02. The molecule has 2 aromatic rings. The number of rotatable bonds is 5. The standard InChI is InChI=1S/C18H21FN4O2/c1-2-12-3-4-13(19)9-14(12)18(24)23-15-6-8-25-10-16(15)22-17-5-7-20-11-21-17/h3-5,7,9,11,15-16H,2,6,8,10H2,1H3,(H,23,24)(H,20,21,22)/t15-,16+/m0/s1. The van der Waals surface area contributed by atoms with Crippen molar-refractivity contribution in [2.24, 2.45) is 0 Å². The molecule has 0 saturated carbocycles. The third-order valence-electron chi connectivity index (χ3n) is 4.29. The van der Waals surface area contributed by atoms with Gasteiger partial charge in [0, 0.05) is 18.4 Å². The molecule has 2 atom stereocenters. The minimum Gasteiger partial charge on any atom is -0.379 e. The molecule has 1 aliphatic rings. The lowest BCUT2D eigenvalue weighted by atomic mass is 10.0. The van der Waals surface area contributed by atoms with Gasteiger partial charge < -0.3 is 15.4 Å². The van der Waals surface area contributed by atoms with Crippen molar-refractivity contribution < 1.29 is 13.9 Å². The minimum absolute atomic E-state index is 0.119. The number of benzene rings is 1. The zero-order valence-electron chi connectivity index (χ0n) is 14.0. The molecule has 1 fully saturated rings. The number of ether oxygens (including phenoxy) is 1. The first-order valence-electron chi connectivity index (χ1n) is 8.37. The lowest BCUT2D eigenvalue weighted by molar-refractivity contribution is 0.0619. The highest BCUT2D eigenvalue weighted by molar-refractivity contribution is 5.96. The molecule has 0 radical (unpaired) electrons. The number of hydrogen-bond acceptors (Lipinski definition) is 5. The summed E-state index contributed by atoms with van der Waals surface area (Å²) in [7, 11) is 0. The molecule has 1 amide bonds. The van der Waals surface area contributed by atoms with Crippen molar-refractivity contribution in [2.45, 2.75) is 31.8 Å². The summed E-state index contributed by atoms with van der Waals surface area (Å²) in [4.78, 5) is 20.7. The monoisotopic (exact) mass is 344 g/mol. The average molecular weight is 344 g/mol. The van der Waals surface area contributed by atoms with Crippen molar-refractivity contribution in [3.8, 4) is 0 Å². The van der Waals surface area contributed by atoms with E-state index in [-0.39, 0.29) is 18.0 Å². The molecule has 3 rings (SSSR count). The van der Waals surface area contributed by atoms with Crippen LogP contribution in [-0.2, 0) is 11.2 Å². The van der Waals surface area contributed by atoms with E-state index < -0.39 is 5.82 Å². The minimum atomic E-state index is -0.412. The predicted molar refractivity (Wildman–Crippen MR) is 91.9 cm³/mol. The van der Waals surface area contributed by atoms with E-state index in [1.165, 1.54) is 18.5 Å². The predicted octanol–water partition coefficient (Wildman–Crippen LogP) is 2.18. The van der Waals surface area contributed by atoms with Gasteiger partial charge in [-0.2, -0.15) is 0 Å². The molecule has 2 N–H and O–H groups in total. The first-order chi connectivity index (χ1) is 12.2. The summed E-state index contributed by atoms with van der Waals surface area (Å²) in [6.45, 7) is 2.97. The fraction of sp³-hybridized carbons (Fsp3) is 0.389. The van der Waals surface area contributed by atoms with Crippen LogP contribution in [0.15, 0.2) is 36.8 Å². The molecule has 1 aromatic heterocycles. The number of carbonyl (C=O) groups excluding carboxylic acids is 1.